The van der Waals surface area contributed by atoms with Crippen LogP contribution in [0.5, 0.6) is 0 Å². The van der Waals surface area contributed by atoms with Gasteiger partial charge in [0.25, 0.3) is 0 Å². The first-order valence-corrected chi connectivity index (χ1v) is 46.2. The first kappa shape index (κ1) is 103. The third-order valence-corrected chi connectivity index (χ3v) is 22.8. The maximum absolute atomic E-state index is 15.2. The number of carbonyl (C=O) groups is 12. The number of hydrogen-bond acceptors (Lipinski definition) is 32. The molecule has 0 bridgehead atoms. The molecule has 4 aliphatic heterocycles. The Labute approximate surface area is 809 Å². The van der Waals surface area contributed by atoms with Crippen molar-refractivity contribution in [3.05, 3.63) is 336 Å². The number of esters is 12. The van der Waals surface area contributed by atoms with Crippen molar-refractivity contribution in [2.45, 2.75) is 210 Å². The number of benzene rings is 9. The summed E-state index contributed by atoms with van der Waals surface area (Å²) < 4.78 is 132. The zero-order valence-electron chi connectivity index (χ0n) is 78.3. The number of carbonyl (C=O) groups excluding carboxylic acids is 12. The summed E-state index contributed by atoms with van der Waals surface area (Å²) in [7, 11) is 0. The molecule has 4 saturated heterocycles. The number of unbranched alkanes of at least 4 members (excludes halogenated alkanes) is 6. The predicted molar refractivity (Wildman–Crippen MR) is 497 cm³/mol. The van der Waals surface area contributed by atoms with Crippen LogP contribution in [-0.2, 0) is 109 Å². The Morgan fingerprint density at radius 3 is 0.979 bits per heavy atom. The van der Waals surface area contributed by atoms with Gasteiger partial charge in [0.05, 0.1) is 67.5 Å². The summed E-state index contributed by atoms with van der Waals surface area (Å²) in [4.78, 5) is 177. The van der Waals surface area contributed by atoms with Crippen molar-refractivity contribution in [3.8, 4) is 0 Å². The van der Waals surface area contributed by atoms with Gasteiger partial charge in [-0.3, -0.25) is 14.4 Å². The monoisotopic (exact) mass is 1920 g/mol. The van der Waals surface area contributed by atoms with Crippen molar-refractivity contribution in [2.75, 3.05) is 33.0 Å². The standard InChI is InChI=1S/C108H112O32/c1-9-10-11-12-13-14-15-43-62-121-101-89(135-99(117)75-58-39-23-40-59-75)86(132-96(114)72-52-33-20-34-53-72)83(137-101)79(129-103-88(134-98(116)74-56-37-22-38-57-74)84(131-95(113)71-50-31-19-32-51-71)78(128-103)64-123-93(111)69-46-27-17-28-47-69)65-124-102-90(140-106(120)108(6,7)8)85(126-67(2)109)82(138-102)80(66-125-105(119)107(3,4)5)130-104-91(136-100(118)76-60-41-24-42-61-76)87(133-97(115)73-54-35-21-36-55-73)81(139-104)77(127-94(112)70-48-29-18-30-49-70)63-122-92(110)68-44-25-16-26-45-68/h9,16-42,44-61,77-91,101-104H,1,10-15,43,62-66H2,2-8H3/t77-,78-,79-,80-,81+,82+,83+,84-,85+,86+,87+,88+,89-,90-,91-,101-,102-,103-,104-/m1/s1. The lowest BCUT2D eigenvalue weighted by molar-refractivity contribution is -0.267. The van der Waals surface area contributed by atoms with Gasteiger partial charge in [0.1, 0.15) is 56.4 Å². The fourth-order valence-electron chi connectivity index (χ4n) is 15.5. The Bertz CT molecular complexity index is 5590. The lowest BCUT2D eigenvalue weighted by Crippen LogP contribution is -2.51. The van der Waals surface area contributed by atoms with E-state index < -0.39 is 226 Å². The van der Waals surface area contributed by atoms with E-state index in [1.54, 1.807) is 152 Å². The quantitative estimate of drug-likeness (QED) is 0.0148. The molecule has 32 heteroatoms. The van der Waals surface area contributed by atoms with E-state index >= 15 is 19.2 Å². The molecule has 13 rings (SSSR count). The summed E-state index contributed by atoms with van der Waals surface area (Å²) in [5.41, 5.74) is -2.81. The largest absolute Gasteiger partial charge is 0.462 e. The number of hydrogen-bond donors (Lipinski definition) is 0. The van der Waals surface area contributed by atoms with Gasteiger partial charge in [-0.1, -0.05) is 196 Å². The molecular formula is C108H112O32. The zero-order valence-corrected chi connectivity index (χ0v) is 78.3. The van der Waals surface area contributed by atoms with E-state index in [0.717, 1.165) is 39.0 Å². The minimum absolute atomic E-state index is 0.00213. The maximum atomic E-state index is 15.2. The summed E-state index contributed by atoms with van der Waals surface area (Å²) in [6.07, 6.45) is -29.7. The normalized spacial score (nSPS) is 22.6. The molecule has 0 N–H and O–H groups in total. The second kappa shape index (κ2) is 50.1. The second-order valence-electron chi connectivity index (χ2n) is 35.4. The van der Waals surface area contributed by atoms with Crippen molar-refractivity contribution >= 4 is 71.6 Å². The van der Waals surface area contributed by atoms with Crippen molar-refractivity contribution < 1.29 is 152 Å². The number of allylic oxidation sites excluding steroid dienone is 1. The van der Waals surface area contributed by atoms with Gasteiger partial charge in [0.2, 0.25) is 0 Å². The SMILES string of the molecule is C=CCCCCCCCCO[C@@H]1O[C@@H]([C@@H](CO[C@@H]2O[C@@H]([C@@H](COC(=O)C(C)(C)C)O[C@@H]3O[C@@H]([C@@H](COC(=O)c4ccccc4)OC(=O)c4ccccc4)[C@H](OC(=O)c4ccccc4)[C@H]3OC(=O)c3ccccc3)[C@H](OC(C)=O)[C@H]2OC(=O)C(C)(C)C)O[C@H]2O[C@H](COC(=O)c3ccccc3)[C@@H](OC(=O)c3ccccc3)[C@@H]2OC(=O)c2ccccc2)[C@H](OC(=O)c2ccccc2)[C@H]1OC(=O)c1ccccc1. The highest BCUT2D eigenvalue weighted by Crippen LogP contribution is 2.42. The van der Waals surface area contributed by atoms with Gasteiger partial charge in [0.15, 0.2) is 80.1 Å². The van der Waals surface area contributed by atoms with Gasteiger partial charge in [-0.2, -0.15) is 0 Å². The minimum atomic E-state index is -2.18. The van der Waals surface area contributed by atoms with Crippen molar-refractivity contribution in [1.29, 1.82) is 0 Å². The Kier molecular flexibility index (Phi) is 37.0. The van der Waals surface area contributed by atoms with Gasteiger partial charge in [-0.25, -0.2) is 43.2 Å². The molecule has 0 unspecified atom stereocenters. The van der Waals surface area contributed by atoms with E-state index in [2.05, 4.69) is 6.58 Å². The van der Waals surface area contributed by atoms with Crippen LogP contribution in [0.25, 0.3) is 0 Å². The van der Waals surface area contributed by atoms with E-state index in [-0.39, 0.29) is 56.7 Å². The fraction of sp³-hybridized carbons (Fsp3) is 0.370. The van der Waals surface area contributed by atoms with Crippen LogP contribution in [0.1, 0.15) is 187 Å². The van der Waals surface area contributed by atoms with Gasteiger partial charge in [-0.05, 0) is 170 Å². The third-order valence-electron chi connectivity index (χ3n) is 22.8. The van der Waals surface area contributed by atoms with E-state index in [0.29, 0.717) is 12.8 Å². The highest BCUT2D eigenvalue weighted by molar-refractivity contribution is 5.94. The molecule has 9 aromatic carbocycles. The summed E-state index contributed by atoms with van der Waals surface area (Å²) in [6, 6.07) is 69.1. The van der Waals surface area contributed by atoms with Crippen LogP contribution in [0.4, 0.5) is 0 Å². The molecule has 0 amide bonds. The minimum Gasteiger partial charge on any atom is -0.462 e. The van der Waals surface area contributed by atoms with Crippen molar-refractivity contribution in [2.24, 2.45) is 10.8 Å². The summed E-state index contributed by atoms with van der Waals surface area (Å²) in [5.74, 6) is -12.0. The fourth-order valence-corrected chi connectivity index (χ4v) is 15.5. The van der Waals surface area contributed by atoms with Crippen molar-refractivity contribution in [1.82, 2.24) is 0 Å². The van der Waals surface area contributed by atoms with E-state index in [1.165, 1.54) is 163 Å². The lowest BCUT2D eigenvalue weighted by atomic mass is 9.97. The molecule has 32 nitrogen and oxygen atoms in total. The summed E-state index contributed by atoms with van der Waals surface area (Å²) in [6.45, 7) is 10.3. The summed E-state index contributed by atoms with van der Waals surface area (Å²) >= 11 is 0. The molecule has 4 aliphatic rings. The molecule has 4 heterocycles. The third kappa shape index (κ3) is 28.4. The first-order valence-electron chi connectivity index (χ1n) is 46.2. The van der Waals surface area contributed by atoms with Gasteiger partial charge in [0, 0.05) is 13.5 Å². The van der Waals surface area contributed by atoms with E-state index in [4.69, 9.17) is 94.7 Å². The Hall–Kier alpha value is -14.0. The highest BCUT2D eigenvalue weighted by atomic mass is 16.8. The van der Waals surface area contributed by atoms with Crippen LogP contribution in [0.15, 0.2) is 286 Å². The Morgan fingerprint density at radius 1 is 0.293 bits per heavy atom. The smallest absolute Gasteiger partial charge is 0.338 e. The Balaban J connectivity index is 0.965. The molecule has 9 aromatic rings. The van der Waals surface area contributed by atoms with Gasteiger partial charge >= 0.3 is 71.6 Å². The molecule has 0 radical (unpaired) electrons. The topological polar surface area (TPSA) is 389 Å². The second-order valence-corrected chi connectivity index (χ2v) is 35.4. The average Bonchev–Trinajstić information content (AvgIpc) is 1.62. The van der Waals surface area contributed by atoms with Crippen LogP contribution in [0.2, 0.25) is 0 Å². The molecule has 140 heavy (non-hydrogen) atoms. The van der Waals surface area contributed by atoms with Crippen LogP contribution in [-0.4, -0.2) is 221 Å². The summed E-state index contributed by atoms with van der Waals surface area (Å²) in [5, 5.41) is 0. The van der Waals surface area contributed by atoms with E-state index in [1.807, 2.05) is 6.08 Å². The van der Waals surface area contributed by atoms with Crippen LogP contribution in [0.3, 0.4) is 0 Å². The molecule has 0 saturated carbocycles. The first-order chi connectivity index (χ1) is 67.6. The van der Waals surface area contributed by atoms with E-state index in [9.17, 15) is 38.4 Å². The van der Waals surface area contributed by atoms with Crippen LogP contribution >= 0.6 is 0 Å². The molecule has 4 fully saturated rings. The zero-order chi connectivity index (χ0) is 99.2. The molecule has 0 aliphatic carbocycles. The lowest BCUT2D eigenvalue weighted by Gasteiger charge is -2.33. The maximum Gasteiger partial charge on any atom is 0.338 e. The highest BCUT2D eigenvalue weighted by Gasteiger charge is 2.62. The molecule has 0 spiro atoms. The molecule has 0 aromatic heterocycles. The molecule has 19 atom stereocenters. The predicted octanol–water partition coefficient (Wildman–Crippen LogP) is 15.4. The van der Waals surface area contributed by atoms with Crippen LogP contribution < -0.4 is 0 Å². The van der Waals surface area contributed by atoms with Gasteiger partial charge in [-0.15, -0.1) is 6.58 Å². The number of rotatable bonds is 44. The molecular weight excluding hydrogens is 1810 g/mol. The van der Waals surface area contributed by atoms with Crippen molar-refractivity contribution in [3.63, 3.8) is 0 Å². The van der Waals surface area contributed by atoms with Crippen LogP contribution in [0, 0.1) is 10.8 Å². The Morgan fingerprint density at radius 2 is 0.586 bits per heavy atom. The average molecular weight is 1920 g/mol. The molecule has 736 valence electrons. The van der Waals surface area contributed by atoms with Gasteiger partial charge < -0.3 is 94.7 Å². The number of ether oxygens (including phenoxy) is 20.